The van der Waals surface area contributed by atoms with Crippen LogP contribution in [0.25, 0.3) is 0 Å². The van der Waals surface area contributed by atoms with E-state index in [1.807, 2.05) is 47.2 Å². The van der Waals surface area contributed by atoms with Crippen molar-refractivity contribution in [3.63, 3.8) is 0 Å². The molecule has 1 N–H and O–H groups in total. The molecule has 1 aromatic heterocycles. The minimum absolute atomic E-state index is 0.239. The molecule has 3 rings (SSSR count). The van der Waals surface area contributed by atoms with Gasteiger partial charge in [0.25, 0.3) is 5.91 Å². The number of imide groups is 1. The van der Waals surface area contributed by atoms with Crippen molar-refractivity contribution in [2.75, 3.05) is 13.6 Å². The van der Waals surface area contributed by atoms with Crippen LogP contribution in [0.5, 0.6) is 0 Å². The molecular weight excluding hydrogens is 338 g/mol. The van der Waals surface area contributed by atoms with E-state index >= 15 is 0 Å². The van der Waals surface area contributed by atoms with Gasteiger partial charge in [0.2, 0.25) is 5.91 Å². The standard InChI is InChI=1S/C18H19N3O3S/c1-20(10-14-7-8-25-12-14)16(22)11-21-17(23)15(19-18(21)24)9-13-5-3-2-4-6-13/h2-8,12,15H,9-11H2,1H3,(H,19,24). The Morgan fingerprint density at radius 3 is 2.64 bits per heavy atom. The van der Waals surface area contributed by atoms with Crippen molar-refractivity contribution >= 4 is 29.2 Å². The molecule has 130 valence electrons. The molecule has 7 heteroatoms. The number of benzene rings is 1. The van der Waals surface area contributed by atoms with E-state index < -0.39 is 12.1 Å². The van der Waals surface area contributed by atoms with Crippen LogP contribution in [0.1, 0.15) is 11.1 Å². The molecule has 0 radical (unpaired) electrons. The fraction of sp³-hybridized carbons (Fsp3) is 0.278. The van der Waals surface area contributed by atoms with Gasteiger partial charge in [0.05, 0.1) is 0 Å². The summed E-state index contributed by atoms with van der Waals surface area (Å²) in [5.74, 6) is -0.624. The lowest BCUT2D eigenvalue weighted by Crippen LogP contribution is -2.41. The molecule has 0 aliphatic carbocycles. The maximum Gasteiger partial charge on any atom is 0.325 e. The maximum atomic E-state index is 12.5. The van der Waals surface area contributed by atoms with Crippen molar-refractivity contribution in [1.29, 1.82) is 0 Å². The molecule has 6 nitrogen and oxygen atoms in total. The molecule has 1 unspecified atom stereocenters. The van der Waals surface area contributed by atoms with Gasteiger partial charge in [-0.3, -0.25) is 14.5 Å². The van der Waals surface area contributed by atoms with Crippen LogP contribution in [0, 0.1) is 0 Å². The van der Waals surface area contributed by atoms with E-state index in [2.05, 4.69) is 5.32 Å². The second kappa shape index (κ2) is 7.48. The number of carbonyl (C=O) groups excluding carboxylic acids is 3. The predicted molar refractivity (Wildman–Crippen MR) is 95.0 cm³/mol. The minimum Gasteiger partial charge on any atom is -0.340 e. The van der Waals surface area contributed by atoms with E-state index in [1.165, 1.54) is 4.90 Å². The second-order valence-electron chi connectivity index (χ2n) is 6.00. The van der Waals surface area contributed by atoms with Crippen LogP contribution >= 0.6 is 11.3 Å². The zero-order chi connectivity index (χ0) is 17.8. The molecule has 25 heavy (non-hydrogen) atoms. The van der Waals surface area contributed by atoms with E-state index in [1.54, 1.807) is 18.4 Å². The van der Waals surface area contributed by atoms with Crippen molar-refractivity contribution in [3.05, 3.63) is 58.3 Å². The van der Waals surface area contributed by atoms with E-state index in [0.717, 1.165) is 16.0 Å². The van der Waals surface area contributed by atoms with Gasteiger partial charge in [-0.05, 0) is 28.0 Å². The number of thiophene rings is 1. The minimum atomic E-state index is -0.620. The van der Waals surface area contributed by atoms with Crippen molar-refractivity contribution in [3.8, 4) is 0 Å². The lowest BCUT2D eigenvalue weighted by molar-refractivity contribution is -0.136. The van der Waals surface area contributed by atoms with E-state index in [9.17, 15) is 14.4 Å². The molecule has 4 amide bonds. The van der Waals surface area contributed by atoms with Gasteiger partial charge >= 0.3 is 6.03 Å². The summed E-state index contributed by atoms with van der Waals surface area (Å²) in [6, 6.07) is 10.3. The molecule has 0 spiro atoms. The number of hydrogen-bond acceptors (Lipinski definition) is 4. The normalized spacial score (nSPS) is 16.8. The second-order valence-corrected chi connectivity index (χ2v) is 6.78. The Morgan fingerprint density at radius 1 is 1.20 bits per heavy atom. The van der Waals surface area contributed by atoms with Crippen molar-refractivity contribution in [2.24, 2.45) is 0 Å². The summed E-state index contributed by atoms with van der Waals surface area (Å²) in [7, 11) is 1.67. The van der Waals surface area contributed by atoms with Crippen LogP contribution < -0.4 is 5.32 Å². The average molecular weight is 357 g/mol. The molecule has 0 bridgehead atoms. The summed E-state index contributed by atoms with van der Waals surface area (Å²) in [5, 5.41) is 6.57. The quantitative estimate of drug-likeness (QED) is 0.803. The Kier molecular flexibility index (Phi) is 5.14. The van der Waals surface area contributed by atoms with Gasteiger partial charge in [-0.1, -0.05) is 30.3 Å². The number of hydrogen-bond donors (Lipinski definition) is 1. The van der Waals surface area contributed by atoms with Crippen LogP contribution in [0.3, 0.4) is 0 Å². The smallest absolute Gasteiger partial charge is 0.325 e. The number of rotatable bonds is 6. The summed E-state index contributed by atoms with van der Waals surface area (Å²) in [6.07, 6.45) is 0.418. The first-order valence-corrected chi connectivity index (χ1v) is 8.89. The summed E-state index contributed by atoms with van der Waals surface area (Å²) in [6.45, 7) is 0.218. The van der Waals surface area contributed by atoms with E-state index in [-0.39, 0.29) is 18.4 Å². The Morgan fingerprint density at radius 2 is 1.96 bits per heavy atom. The first kappa shape index (κ1) is 17.2. The van der Waals surface area contributed by atoms with Crippen molar-refractivity contribution in [2.45, 2.75) is 19.0 Å². The van der Waals surface area contributed by atoms with Crippen LogP contribution in [0.2, 0.25) is 0 Å². The van der Waals surface area contributed by atoms with Crippen LogP contribution in [0.15, 0.2) is 47.2 Å². The van der Waals surface area contributed by atoms with Gasteiger partial charge in [-0.25, -0.2) is 4.79 Å². The highest BCUT2D eigenvalue weighted by molar-refractivity contribution is 7.07. The molecule has 2 aromatic rings. The third-order valence-corrected chi connectivity index (χ3v) is 4.84. The fourth-order valence-corrected chi connectivity index (χ4v) is 3.38. The Hall–Kier alpha value is -2.67. The summed E-state index contributed by atoms with van der Waals surface area (Å²) < 4.78 is 0. The number of carbonyl (C=O) groups is 3. The number of likely N-dealkylation sites (N-methyl/N-ethyl adjacent to an activating group) is 1. The highest BCUT2D eigenvalue weighted by atomic mass is 32.1. The molecule has 1 fully saturated rings. The van der Waals surface area contributed by atoms with Crippen LogP contribution in [-0.2, 0) is 22.6 Å². The van der Waals surface area contributed by atoms with Gasteiger partial charge in [-0.2, -0.15) is 11.3 Å². The first-order valence-electron chi connectivity index (χ1n) is 7.95. The Bertz CT molecular complexity index is 761. The molecule has 1 atom stereocenters. The third-order valence-electron chi connectivity index (χ3n) is 4.11. The topological polar surface area (TPSA) is 69.7 Å². The highest BCUT2D eigenvalue weighted by Gasteiger charge is 2.39. The number of nitrogens with zero attached hydrogens (tertiary/aromatic N) is 2. The molecule has 2 heterocycles. The summed E-state index contributed by atoms with van der Waals surface area (Å²) in [4.78, 5) is 39.4. The first-order chi connectivity index (χ1) is 12.0. The van der Waals surface area contributed by atoms with Crippen LogP contribution in [-0.4, -0.2) is 47.3 Å². The largest absolute Gasteiger partial charge is 0.340 e. The molecular formula is C18H19N3O3S. The van der Waals surface area contributed by atoms with Gasteiger partial charge in [0, 0.05) is 20.0 Å². The lowest BCUT2D eigenvalue weighted by atomic mass is 10.1. The highest BCUT2D eigenvalue weighted by Crippen LogP contribution is 2.13. The number of amides is 4. The van der Waals surface area contributed by atoms with Crippen molar-refractivity contribution < 1.29 is 14.4 Å². The molecule has 0 saturated carbocycles. The molecule has 1 aromatic carbocycles. The maximum absolute atomic E-state index is 12.5. The summed E-state index contributed by atoms with van der Waals surface area (Å²) in [5.41, 5.74) is 1.99. The van der Waals surface area contributed by atoms with Gasteiger partial charge in [0.15, 0.2) is 0 Å². The van der Waals surface area contributed by atoms with Gasteiger partial charge in [0.1, 0.15) is 12.6 Å². The zero-order valence-corrected chi connectivity index (χ0v) is 14.7. The molecule has 1 aliphatic rings. The summed E-state index contributed by atoms with van der Waals surface area (Å²) >= 11 is 1.56. The number of nitrogens with one attached hydrogen (secondary N) is 1. The van der Waals surface area contributed by atoms with Gasteiger partial charge < -0.3 is 10.2 Å². The average Bonchev–Trinajstić information content (AvgIpc) is 3.20. The zero-order valence-electron chi connectivity index (χ0n) is 13.8. The fourth-order valence-electron chi connectivity index (χ4n) is 2.72. The van der Waals surface area contributed by atoms with Crippen LogP contribution in [0.4, 0.5) is 4.79 Å². The van der Waals surface area contributed by atoms with E-state index in [0.29, 0.717) is 13.0 Å². The SMILES string of the molecule is CN(Cc1ccsc1)C(=O)CN1C(=O)NC(Cc2ccccc2)C1=O. The van der Waals surface area contributed by atoms with Gasteiger partial charge in [-0.15, -0.1) is 0 Å². The Balaban J connectivity index is 1.59. The van der Waals surface area contributed by atoms with Crippen molar-refractivity contribution in [1.82, 2.24) is 15.1 Å². The van der Waals surface area contributed by atoms with E-state index in [4.69, 9.17) is 0 Å². The molecule has 1 saturated heterocycles. The lowest BCUT2D eigenvalue weighted by Gasteiger charge is -2.19. The third kappa shape index (κ3) is 4.06. The monoisotopic (exact) mass is 357 g/mol. The number of urea groups is 1. The molecule has 1 aliphatic heterocycles. The Labute approximate surface area is 150 Å². The predicted octanol–water partition coefficient (Wildman–Crippen LogP) is 1.87.